The first kappa shape index (κ1) is 14.6. The molecule has 0 aliphatic carbocycles. The molecule has 4 aromatic rings. The van der Waals surface area contributed by atoms with Gasteiger partial charge in [0.25, 0.3) is 0 Å². The lowest BCUT2D eigenvalue weighted by atomic mass is 10.1. The van der Waals surface area contributed by atoms with Crippen LogP contribution in [0, 0.1) is 6.92 Å². The van der Waals surface area contributed by atoms with E-state index in [0.717, 1.165) is 30.0 Å². The SMILES string of the molecule is Cc1ccccc1Cn1c(Cc2ccccc2)nc2cccnc21. The van der Waals surface area contributed by atoms with Crippen molar-refractivity contribution >= 4 is 11.2 Å². The molecular weight excluding hydrogens is 294 g/mol. The standard InChI is InChI=1S/C21H19N3/c1-16-8-5-6-11-18(16)15-24-20(14-17-9-3-2-4-10-17)23-19-12-7-13-22-21(19)24/h2-13H,14-15H2,1H3. The van der Waals surface area contributed by atoms with Gasteiger partial charge in [-0.2, -0.15) is 0 Å². The number of aromatic nitrogens is 3. The Bertz CT molecular complexity index is 971. The minimum absolute atomic E-state index is 0.794. The molecule has 3 nitrogen and oxygen atoms in total. The van der Waals surface area contributed by atoms with Gasteiger partial charge >= 0.3 is 0 Å². The average Bonchev–Trinajstić information content (AvgIpc) is 2.95. The summed E-state index contributed by atoms with van der Waals surface area (Å²) in [6.07, 6.45) is 2.65. The predicted octanol–water partition coefficient (Wildman–Crippen LogP) is 4.38. The van der Waals surface area contributed by atoms with Crippen LogP contribution in [0.3, 0.4) is 0 Å². The Hall–Kier alpha value is -2.94. The number of hydrogen-bond donors (Lipinski definition) is 0. The maximum atomic E-state index is 4.83. The maximum Gasteiger partial charge on any atom is 0.160 e. The second-order valence-electron chi connectivity index (χ2n) is 6.05. The Kier molecular flexibility index (Phi) is 3.83. The first-order chi connectivity index (χ1) is 11.8. The van der Waals surface area contributed by atoms with Crippen LogP contribution in [0.4, 0.5) is 0 Å². The van der Waals surface area contributed by atoms with Crippen molar-refractivity contribution < 1.29 is 0 Å². The van der Waals surface area contributed by atoms with E-state index in [4.69, 9.17) is 4.98 Å². The van der Waals surface area contributed by atoms with Gasteiger partial charge in [-0.05, 0) is 35.7 Å². The average molecular weight is 313 g/mol. The lowest BCUT2D eigenvalue weighted by Crippen LogP contribution is -2.07. The normalized spacial score (nSPS) is 11.0. The Labute approximate surface area is 141 Å². The molecule has 4 rings (SSSR count). The number of rotatable bonds is 4. The summed E-state index contributed by atoms with van der Waals surface area (Å²) in [7, 11) is 0. The van der Waals surface area contributed by atoms with Gasteiger partial charge in [0.1, 0.15) is 11.3 Å². The molecule has 2 heterocycles. The molecule has 3 heteroatoms. The molecule has 0 amide bonds. The van der Waals surface area contributed by atoms with Crippen molar-refractivity contribution in [3.05, 3.63) is 95.4 Å². The molecule has 0 fully saturated rings. The van der Waals surface area contributed by atoms with Crippen LogP contribution in [0.1, 0.15) is 22.5 Å². The highest BCUT2D eigenvalue weighted by atomic mass is 15.1. The molecule has 0 spiro atoms. The molecule has 118 valence electrons. The molecule has 24 heavy (non-hydrogen) atoms. The van der Waals surface area contributed by atoms with Gasteiger partial charge in [-0.3, -0.25) is 0 Å². The Morgan fingerprint density at radius 3 is 2.50 bits per heavy atom. The van der Waals surface area contributed by atoms with Gasteiger partial charge in [0.15, 0.2) is 5.65 Å². The first-order valence-corrected chi connectivity index (χ1v) is 8.20. The van der Waals surface area contributed by atoms with Crippen molar-refractivity contribution in [3.8, 4) is 0 Å². The van der Waals surface area contributed by atoms with Crippen molar-refractivity contribution in [1.29, 1.82) is 0 Å². The van der Waals surface area contributed by atoms with Crippen molar-refractivity contribution in [2.45, 2.75) is 19.9 Å². The molecule has 0 radical (unpaired) electrons. The van der Waals surface area contributed by atoms with Crippen LogP contribution in [0.25, 0.3) is 11.2 Å². The summed E-state index contributed by atoms with van der Waals surface area (Å²) in [6.45, 7) is 2.95. The summed E-state index contributed by atoms with van der Waals surface area (Å²) in [6, 6.07) is 22.9. The third-order valence-corrected chi connectivity index (χ3v) is 4.38. The highest BCUT2D eigenvalue weighted by Gasteiger charge is 2.13. The van der Waals surface area contributed by atoms with Gasteiger partial charge in [0.05, 0.1) is 6.54 Å². The lowest BCUT2D eigenvalue weighted by molar-refractivity contribution is 0.751. The van der Waals surface area contributed by atoms with E-state index in [9.17, 15) is 0 Å². The van der Waals surface area contributed by atoms with Gasteiger partial charge in [-0.25, -0.2) is 9.97 Å². The zero-order chi connectivity index (χ0) is 16.4. The fourth-order valence-electron chi connectivity index (χ4n) is 3.04. The third kappa shape index (κ3) is 2.81. The molecule has 2 aromatic carbocycles. The molecule has 0 aliphatic rings. The van der Waals surface area contributed by atoms with Crippen LogP contribution in [0.2, 0.25) is 0 Å². The van der Waals surface area contributed by atoms with E-state index >= 15 is 0 Å². The van der Waals surface area contributed by atoms with Gasteiger partial charge in [-0.1, -0.05) is 54.6 Å². The Balaban J connectivity index is 1.80. The van der Waals surface area contributed by atoms with Crippen LogP contribution in [0.5, 0.6) is 0 Å². The third-order valence-electron chi connectivity index (χ3n) is 4.38. The van der Waals surface area contributed by atoms with Crippen molar-refractivity contribution in [2.24, 2.45) is 0 Å². The fraction of sp³-hybridized carbons (Fsp3) is 0.143. The van der Waals surface area contributed by atoms with Crippen LogP contribution < -0.4 is 0 Å². The topological polar surface area (TPSA) is 30.7 Å². The number of aryl methyl sites for hydroxylation is 1. The minimum atomic E-state index is 0.794. The molecule has 0 unspecified atom stereocenters. The number of fused-ring (bicyclic) bond motifs is 1. The van der Waals surface area contributed by atoms with Gasteiger partial charge in [0.2, 0.25) is 0 Å². The highest BCUT2D eigenvalue weighted by molar-refractivity contribution is 5.71. The van der Waals surface area contributed by atoms with E-state index in [1.807, 2.05) is 24.4 Å². The Morgan fingerprint density at radius 1 is 0.875 bits per heavy atom. The van der Waals surface area contributed by atoms with Gasteiger partial charge in [-0.15, -0.1) is 0 Å². The van der Waals surface area contributed by atoms with Crippen molar-refractivity contribution in [2.75, 3.05) is 0 Å². The monoisotopic (exact) mass is 313 g/mol. The zero-order valence-corrected chi connectivity index (χ0v) is 13.7. The predicted molar refractivity (Wildman–Crippen MR) is 97.1 cm³/mol. The van der Waals surface area contributed by atoms with E-state index in [0.29, 0.717) is 0 Å². The quantitative estimate of drug-likeness (QED) is 0.560. The number of benzene rings is 2. The van der Waals surface area contributed by atoms with Gasteiger partial charge in [0, 0.05) is 12.6 Å². The van der Waals surface area contributed by atoms with Gasteiger partial charge < -0.3 is 4.57 Å². The van der Waals surface area contributed by atoms with Crippen LogP contribution in [-0.4, -0.2) is 14.5 Å². The second kappa shape index (κ2) is 6.28. The van der Waals surface area contributed by atoms with Crippen molar-refractivity contribution in [3.63, 3.8) is 0 Å². The van der Waals surface area contributed by atoms with Crippen LogP contribution >= 0.6 is 0 Å². The summed E-state index contributed by atoms with van der Waals surface area (Å²) in [5, 5.41) is 0. The number of hydrogen-bond acceptors (Lipinski definition) is 2. The minimum Gasteiger partial charge on any atom is -0.308 e. The summed E-state index contributed by atoms with van der Waals surface area (Å²) in [5.41, 5.74) is 5.76. The Morgan fingerprint density at radius 2 is 1.67 bits per heavy atom. The number of pyridine rings is 1. The smallest absolute Gasteiger partial charge is 0.160 e. The second-order valence-corrected chi connectivity index (χ2v) is 6.05. The number of nitrogens with zero attached hydrogens (tertiary/aromatic N) is 3. The van der Waals surface area contributed by atoms with Crippen molar-refractivity contribution in [1.82, 2.24) is 14.5 Å². The van der Waals surface area contributed by atoms with Crippen LogP contribution in [0.15, 0.2) is 72.9 Å². The number of imidazole rings is 1. The zero-order valence-electron chi connectivity index (χ0n) is 13.7. The molecule has 2 aromatic heterocycles. The van der Waals surface area contributed by atoms with E-state index in [1.165, 1.54) is 16.7 Å². The highest BCUT2D eigenvalue weighted by Crippen LogP contribution is 2.19. The molecule has 0 saturated carbocycles. The molecule has 0 atom stereocenters. The van der Waals surface area contributed by atoms with E-state index in [1.54, 1.807) is 0 Å². The molecule has 0 N–H and O–H groups in total. The molecule has 0 bridgehead atoms. The summed E-state index contributed by atoms with van der Waals surface area (Å²) in [5.74, 6) is 1.05. The van der Waals surface area contributed by atoms with Crippen LogP contribution in [-0.2, 0) is 13.0 Å². The lowest BCUT2D eigenvalue weighted by Gasteiger charge is -2.11. The molecule has 0 aliphatic heterocycles. The summed E-state index contributed by atoms with van der Waals surface area (Å²) >= 11 is 0. The first-order valence-electron chi connectivity index (χ1n) is 8.20. The fourth-order valence-corrected chi connectivity index (χ4v) is 3.04. The maximum absolute atomic E-state index is 4.83. The summed E-state index contributed by atoms with van der Waals surface area (Å²) < 4.78 is 2.24. The van der Waals surface area contributed by atoms with E-state index < -0.39 is 0 Å². The van der Waals surface area contributed by atoms with E-state index in [2.05, 4.69) is 65.0 Å². The van der Waals surface area contributed by atoms with E-state index in [-0.39, 0.29) is 0 Å². The largest absolute Gasteiger partial charge is 0.308 e. The summed E-state index contributed by atoms with van der Waals surface area (Å²) in [4.78, 5) is 9.40. The molecule has 0 saturated heterocycles. The molecular formula is C21H19N3.